The molecule has 7 nitrogen and oxygen atoms in total. The first-order valence-corrected chi connectivity index (χ1v) is 15.0. The molecule has 0 radical (unpaired) electrons. The lowest BCUT2D eigenvalue weighted by molar-refractivity contribution is 0.0156. The number of benzene rings is 1. The maximum Gasteiger partial charge on any atom is 0.209 e. The molecule has 2 unspecified atom stereocenters. The SMILES string of the molecule is CS(=O)(=O)NC1CCN(c2csc(-c3ccncc3)n2)C1COC1CCC(c2ccccc2)CC1. The highest BCUT2D eigenvalue weighted by molar-refractivity contribution is 7.88. The van der Waals surface area contributed by atoms with Crippen molar-refractivity contribution in [1.82, 2.24) is 14.7 Å². The molecule has 2 aromatic heterocycles. The van der Waals surface area contributed by atoms with Gasteiger partial charge in [0.2, 0.25) is 10.0 Å². The Kier molecular flexibility index (Phi) is 7.48. The van der Waals surface area contributed by atoms with Crippen molar-refractivity contribution in [2.75, 3.05) is 24.3 Å². The molecule has 35 heavy (non-hydrogen) atoms. The van der Waals surface area contributed by atoms with Crippen LogP contribution in [0, 0.1) is 0 Å². The first-order chi connectivity index (χ1) is 17.0. The van der Waals surface area contributed by atoms with E-state index in [2.05, 4.69) is 50.3 Å². The van der Waals surface area contributed by atoms with E-state index in [0.29, 0.717) is 12.5 Å². The molecule has 2 aliphatic rings. The van der Waals surface area contributed by atoms with Crippen LogP contribution in [0.4, 0.5) is 5.82 Å². The van der Waals surface area contributed by atoms with Crippen molar-refractivity contribution in [3.05, 3.63) is 65.8 Å². The summed E-state index contributed by atoms with van der Waals surface area (Å²) in [6.07, 6.45) is 9.98. The molecule has 2 atom stereocenters. The summed E-state index contributed by atoms with van der Waals surface area (Å²) in [5.74, 6) is 1.47. The minimum atomic E-state index is -3.32. The number of sulfonamides is 1. The van der Waals surface area contributed by atoms with Crippen molar-refractivity contribution < 1.29 is 13.2 Å². The van der Waals surface area contributed by atoms with Gasteiger partial charge >= 0.3 is 0 Å². The Morgan fingerprint density at radius 1 is 1.06 bits per heavy atom. The minimum Gasteiger partial charge on any atom is -0.376 e. The molecule has 5 rings (SSSR count). The van der Waals surface area contributed by atoms with Crippen LogP contribution >= 0.6 is 11.3 Å². The van der Waals surface area contributed by atoms with Gasteiger partial charge in [0.25, 0.3) is 0 Å². The molecular formula is C26H32N4O3S2. The number of anilines is 1. The summed E-state index contributed by atoms with van der Waals surface area (Å²) in [4.78, 5) is 11.2. The third-order valence-corrected chi connectivity index (χ3v) is 8.68. The highest BCUT2D eigenvalue weighted by Crippen LogP contribution is 2.35. The van der Waals surface area contributed by atoms with Gasteiger partial charge in [0, 0.05) is 35.9 Å². The molecule has 3 heterocycles. The number of pyridine rings is 1. The van der Waals surface area contributed by atoms with E-state index in [1.165, 1.54) is 11.8 Å². The molecule has 1 saturated carbocycles. The van der Waals surface area contributed by atoms with E-state index in [0.717, 1.165) is 55.0 Å². The van der Waals surface area contributed by atoms with Crippen LogP contribution in [0.2, 0.25) is 0 Å². The molecule has 186 valence electrons. The minimum absolute atomic E-state index is 0.0936. The van der Waals surface area contributed by atoms with Crippen molar-refractivity contribution >= 4 is 27.2 Å². The zero-order chi connectivity index (χ0) is 24.3. The van der Waals surface area contributed by atoms with Gasteiger partial charge in [-0.2, -0.15) is 0 Å². The summed E-state index contributed by atoms with van der Waals surface area (Å²) in [5, 5.41) is 2.98. The topological polar surface area (TPSA) is 84.4 Å². The lowest BCUT2D eigenvalue weighted by atomic mass is 9.83. The van der Waals surface area contributed by atoms with Gasteiger partial charge in [-0.25, -0.2) is 18.1 Å². The van der Waals surface area contributed by atoms with Gasteiger partial charge in [-0.05, 0) is 55.7 Å². The monoisotopic (exact) mass is 512 g/mol. The van der Waals surface area contributed by atoms with E-state index in [1.54, 1.807) is 23.7 Å². The lowest BCUT2D eigenvalue weighted by Crippen LogP contribution is -2.48. The highest BCUT2D eigenvalue weighted by Gasteiger charge is 2.38. The number of aromatic nitrogens is 2. The van der Waals surface area contributed by atoms with E-state index in [1.807, 2.05) is 12.1 Å². The fourth-order valence-corrected chi connectivity index (χ4v) is 6.95. The number of hydrogen-bond donors (Lipinski definition) is 1. The predicted molar refractivity (Wildman–Crippen MR) is 140 cm³/mol. The van der Waals surface area contributed by atoms with Crippen LogP contribution in [0.25, 0.3) is 10.6 Å². The van der Waals surface area contributed by atoms with E-state index in [4.69, 9.17) is 9.72 Å². The Labute approximate surface area is 211 Å². The second-order valence-corrected chi connectivity index (χ2v) is 12.1. The Balaban J connectivity index is 1.25. The Morgan fingerprint density at radius 2 is 1.80 bits per heavy atom. The van der Waals surface area contributed by atoms with Crippen LogP contribution in [0.5, 0.6) is 0 Å². The van der Waals surface area contributed by atoms with Gasteiger partial charge in [0.1, 0.15) is 10.8 Å². The fraction of sp³-hybridized carbons (Fsp3) is 0.462. The maximum atomic E-state index is 12.1. The van der Waals surface area contributed by atoms with E-state index in [9.17, 15) is 8.42 Å². The van der Waals surface area contributed by atoms with Crippen LogP contribution in [0.1, 0.15) is 43.6 Å². The molecule has 9 heteroatoms. The first kappa shape index (κ1) is 24.4. The lowest BCUT2D eigenvalue weighted by Gasteiger charge is -2.33. The largest absolute Gasteiger partial charge is 0.376 e. The van der Waals surface area contributed by atoms with Gasteiger partial charge in [-0.15, -0.1) is 11.3 Å². The van der Waals surface area contributed by atoms with Crippen LogP contribution in [0.3, 0.4) is 0 Å². The number of thiazole rings is 1. The van der Waals surface area contributed by atoms with Gasteiger partial charge in [0.05, 0.1) is 25.0 Å². The summed E-state index contributed by atoms with van der Waals surface area (Å²) in [6, 6.07) is 14.3. The summed E-state index contributed by atoms with van der Waals surface area (Å²) < 4.78 is 33.4. The number of ether oxygens (including phenoxy) is 1. The fourth-order valence-electron chi connectivity index (χ4n) is 5.30. The molecule has 1 aliphatic carbocycles. The summed E-state index contributed by atoms with van der Waals surface area (Å²) in [5.41, 5.74) is 2.45. The molecule has 0 bridgehead atoms. The van der Waals surface area contributed by atoms with Crippen LogP contribution in [0.15, 0.2) is 60.2 Å². The van der Waals surface area contributed by atoms with Crippen molar-refractivity contribution in [1.29, 1.82) is 0 Å². The van der Waals surface area contributed by atoms with Crippen LogP contribution in [-0.4, -0.2) is 56.0 Å². The van der Waals surface area contributed by atoms with Crippen molar-refractivity contribution in [2.45, 2.75) is 56.2 Å². The standard InChI is InChI=1S/C26H32N4O3S2/c1-35(31,32)29-23-13-16-30(25-18-34-26(28-25)21-11-14-27-15-12-21)24(23)17-33-22-9-7-20(8-10-22)19-5-3-2-4-6-19/h2-6,11-12,14-15,18,20,22-24,29H,7-10,13,16-17H2,1H3. The zero-order valence-electron chi connectivity index (χ0n) is 19.9. The van der Waals surface area contributed by atoms with Crippen LogP contribution < -0.4 is 9.62 Å². The average molecular weight is 513 g/mol. The summed E-state index contributed by atoms with van der Waals surface area (Å²) in [7, 11) is -3.32. The van der Waals surface area contributed by atoms with Crippen molar-refractivity contribution in [3.8, 4) is 10.6 Å². The van der Waals surface area contributed by atoms with E-state index in [-0.39, 0.29) is 18.2 Å². The Bertz CT molecular complexity index is 1200. The number of rotatable bonds is 8. The Hall–Kier alpha value is -2.33. The molecule has 1 aliphatic heterocycles. The number of nitrogens with zero attached hydrogens (tertiary/aromatic N) is 3. The molecule has 2 fully saturated rings. The second-order valence-electron chi connectivity index (χ2n) is 9.51. The summed E-state index contributed by atoms with van der Waals surface area (Å²) >= 11 is 1.59. The quantitative estimate of drug-likeness (QED) is 0.480. The first-order valence-electron chi connectivity index (χ1n) is 12.2. The smallest absolute Gasteiger partial charge is 0.209 e. The molecule has 1 saturated heterocycles. The molecule has 1 aromatic carbocycles. The third-order valence-electron chi connectivity index (χ3n) is 7.07. The third kappa shape index (κ3) is 6.09. The zero-order valence-corrected chi connectivity index (χ0v) is 21.5. The predicted octanol–water partition coefficient (Wildman–Crippen LogP) is 4.44. The van der Waals surface area contributed by atoms with E-state index >= 15 is 0 Å². The second kappa shape index (κ2) is 10.7. The van der Waals surface area contributed by atoms with Gasteiger partial charge in [0.15, 0.2) is 0 Å². The number of nitrogens with one attached hydrogen (secondary N) is 1. The highest BCUT2D eigenvalue weighted by atomic mass is 32.2. The molecular weight excluding hydrogens is 480 g/mol. The normalized spacial score (nSPS) is 25.1. The van der Waals surface area contributed by atoms with Crippen molar-refractivity contribution in [3.63, 3.8) is 0 Å². The van der Waals surface area contributed by atoms with Crippen LogP contribution in [-0.2, 0) is 14.8 Å². The summed E-state index contributed by atoms with van der Waals surface area (Å²) in [6.45, 7) is 1.22. The maximum absolute atomic E-state index is 12.1. The molecule has 3 aromatic rings. The van der Waals surface area contributed by atoms with Gasteiger partial charge < -0.3 is 9.64 Å². The van der Waals surface area contributed by atoms with Crippen molar-refractivity contribution in [2.24, 2.45) is 0 Å². The molecule has 0 amide bonds. The number of hydrogen-bond acceptors (Lipinski definition) is 7. The van der Waals surface area contributed by atoms with E-state index < -0.39 is 10.0 Å². The molecule has 1 N–H and O–H groups in total. The molecule has 0 spiro atoms. The van der Waals surface area contributed by atoms with Gasteiger partial charge in [-0.1, -0.05) is 30.3 Å². The average Bonchev–Trinajstić information content (AvgIpc) is 3.50. The Morgan fingerprint density at radius 3 is 2.51 bits per heavy atom. The van der Waals surface area contributed by atoms with Gasteiger partial charge in [-0.3, -0.25) is 4.98 Å².